The first-order chi connectivity index (χ1) is 8.54. The van der Waals surface area contributed by atoms with Crippen molar-refractivity contribution in [3.8, 4) is 0 Å². The summed E-state index contributed by atoms with van der Waals surface area (Å²) in [6.07, 6.45) is 2.38. The maximum atomic E-state index is 11.3. The quantitative estimate of drug-likeness (QED) is 0.801. The summed E-state index contributed by atoms with van der Waals surface area (Å²) < 4.78 is 23.4. The summed E-state index contributed by atoms with van der Waals surface area (Å²) in [4.78, 5) is 6.89. The van der Waals surface area contributed by atoms with Gasteiger partial charge in [0.15, 0.2) is 5.13 Å². The van der Waals surface area contributed by atoms with Crippen LogP contribution in [0.25, 0.3) is 10.2 Å². The van der Waals surface area contributed by atoms with Crippen LogP contribution in [0.1, 0.15) is 12.8 Å². The average Bonchev–Trinajstić information content (AvgIpc) is 2.95. The number of aromatic nitrogens is 1. The van der Waals surface area contributed by atoms with E-state index in [0.29, 0.717) is 0 Å². The lowest BCUT2D eigenvalue weighted by atomic mass is 10.3. The molecule has 1 fully saturated rings. The van der Waals surface area contributed by atoms with Crippen LogP contribution in [-0.2, 0) is 9.05 Å². The van der Waals surface area contributed by atoms with Gasteiger partial charge in [-0.15, -0.1) is 0 Å². The standard InChI is InChI=1S/C11H11ClN2O2S2/c12-18(15,16)8-3-4-9-10(7-8)17-11(13-9)14-5-1-2-6-14/h3-4,7H,1-2,5-6H2. The third-order valence-corrected chi connectivity index (χ3v) is 5.44. The zero-order valence-corrected chi connectivity index (χ0v) is 11.9. The molecule has 3 rings (SSSR count). The lowest BCUT2D eigenvalue weighted by molar-refractivity contribution is 0.609. The van der Waals surface area contributed by atoms with Crippen molar-refractivity contribution >= 4 is 46.4 Å². The van der Waals surface area contributed by atoms with Crippen molar-refractivity contribution in [1.29, 1.82) is 0 Å². The van der Waals surface area contributed by atoms with Gasteiger partial charge in [0.05, 0.1) is 15.1 Å². The van der Waals surface area contributed by atoms with Gasteiger partial charge in [-0.2, -0.15) is 0 Å². The smallest absolute Gasteiger partial charge is 0.261 e. The third kappa shape index (κ3) is 2.20. The highest BCUT2D eigenvalue weighted by atomic mass is 35.7. The maximum absolute atomic E-state index is 11.3. The van der Waals surface area contributed by atoms with E-state index >= 15 is 0 Å². The first-order valence-corrected chi connectivity index (χ1v) is 8.77. The molecule has 4 nitrogen and oxygen atoms in total. The molecule has 96 valence electrons. The molecule has 0 aliphatic carbocycles. The molecular weight excluding hydrogens is 292 g/mol. The topological polar surface area (TPSA) is 50.3 Å². The van der Waals surface area contributed by atoms with E-state index in [1.807, 2.05) is 0 Å². The van der Waals surface area contributed by atoms with Gasteiger partial charge in [0.1, 0.15) is 0 Å². The Morgan fingerprint density at radius 1 is 1.28 bits per heavy atom. The van der Waals surface area contributed by atoms with Crippen LogP contribution in [0.3, 0.4) is 0 Å². The van der Waals surface area contributed by atoms with Crippen LogP contribution >= 0.6 is 22.0 Å². The molecule has 1 aromatic carbocycles. The molecule has 7 heteroatoms. The Morgan fingerprint density at radius 2 is 2.00 bits per heavy atom. The monoisotopic (exact) mass is 302 g/mol. The largest absolute Gasteiger partial charge is 0.348 e. The molecule has 2 aromatic rings. The van der Waals surface area contributed by atoms with E-state index in [2.05, 4.69) is 9.88 Å². The lowest BCUT2D eigenvalue weighted by Crippen LogP contribution is -2.16. The van der Waals surface area contributed by atoms with Crippen LogP contribution in [0.5, 0.6) is 0 Å². The molecule has 1 aromatic heterocycles. The Morgan fingerprint density at radius 3 is 2.67 bits per heavy atom. The van der Waals surface area contributed by atoms with Gasteiger partial charge in [0.25, 0.3) is 9.05 Å². The van der Waals surface area contributed by atoms with E-state index in [0.717, 1.165) is 28.4 Å². The molecule has 1 aliphatic rings. The second-order valence-electron chi connectivity index (χ2n) is 4.26. The van der Waals surface area contributed by atoms with E-state index in [1.165, 1.54) is 30.2 Å². The average molecular weight is 303 g/mol. The number of anilines is 1. The highest BCUT2D eigenvalue weighted by Gasteiger charge is 2.17. The van der Waals surface area contributed by atoms with Crippen LogP contribution in [0.4, 0.5) is 5.13 Å². The van der Waals surface area contributed by atoms with Gasteiger partial charge in [0, 0.05) is 23.8 Å². The zero-order chi connectivity index (χ0) is 12.8. The van der Waals surface area contributed by atoms with Crippen LogP contribution in [0.2, 0.25) is 0 Å². The van der Waals surface area contributed by atoms with Crippen molar-refractivity contribution in [2.45, 2.75) is 17.7 Å². The number of thiazole rings is 1. The summed E-state index contributed by atoms with van der Waals surface area (Å²) in [6.45, 7) is 2.06. The summed E-state index contributed by atoms with van der Waals surface area (Å²) in [5, 5.41) is 0.964. The van der Waals surface area contributed by atoms with Gasteiger partial charge < -0.3 is 4.90 Å². The van der Waals surface area contributed by atoms with Crippen molar-refractivity contribution in [1.82, 2.24) is 4.98 Å². The third-order valence-electron chi connectivity index (χ3n) is 3.01. The Labute approximate surface area is 114 Å². The molecule has 18 heavy (non-hydrogen) atoms. The molecule has 0 amide bonds. The Balaban J connectivity index is 2.06. The van der Waals surface area contributed by atoms with E-state index < -0.39 is 9.05 Å². The van der Waals surface area contributed by atoms with Crippen molar-refractivity contribution in [2.24, 2.45) is 0 Å². The van der Waals surface area contributed by atoms with Crippen LogP contribution in [0, 0.1) is 0 Å². The predicted molar refractivity (Wildman–Crippen MR) is 74.1 cm³/mol. The number of fused-ring (bicyclic) bond motifs is 1. The van der Waals surface area contributed by atoms with Gasteiger partial charge in [-0.05, 0) is 31.0 Å². The second-order valence-corrected chi connectivity index (χ2v) is 7.83. The molecule has 1 aliphatic heterocycles. The minimum atomic E-state index is -3.67. The van der Waals surface area contributed by atoms with Crippen molar-refractivity contribution in [3.63, 3.8) is 0 Å². The molecule has 0 bridgehead atoms. The lowest BCUT2D eigenvalue weighted by Gasteiger charge is -2.11. The van der Waals surface area contributed by atoms with Gasteiger partial charge in [-0.25, -0.2) is 13.4 Å². The first-order valence-electron chi connectivity index (χ1n) is 5.64. The Hall–Kier alpha value is -0.850. The van der Waals surface area contributed by atoms with Crippen LogP contribution < -0.4 is 4.90 Å². The van der Waals surface area contributed by atoms with Gasteiger partial charge in [-0.3, -0.25) is 0 Å². The summed E-state index contributed by atoms with van der Waals surface area (Å²) in [6, 6.07) is 4.80. The van der Waals surface area contributed by atoms with Crippen LogP contribution in [0.15, 0.2) is 23.1 Å². The van der Waals surface area contributed by atoms with Crippen molar-refractivity contribution < 1.29 is 8.42 Å². The fourth-order valence-corrected chi connectivity index (χ4v) is 4.00. The first kappa shape index (κ1) is 12.2. The molecule has 0 radical (unpaired) electrons. The highest BCUT2D eigenvalue weighted by molar-refractivity contribution is 8.13. The maximum Gasteiger partial charge on any atom is 0.261 e. The number of nitrogens with zero attached hydrogens (tertiary/aromatic N) is 2. The fourth-order valence-electron chi connectivity index (χ4n) is 2.09. The van der Waals surface area contributed by atoms with Gasteiger partial charge in [-0.1, -0.05) is 11.3 Å². The minimum absolute atomic E-state index is 0.133. The van der Waals surface area contributed by atoms with Gasteiger partial charge >= 0.3 is 0 Å². The van der Waals surface area contributed by atoms with E-state index in [1.54, 1.807) is 12.1 Å². The van der Waals surface area contributed by atoms with Crippen molar-refractivity contribution in [3.05, 3.63) is 18.2 Å². The highest BCUT2D eigenvalue weighted by Crippen LogP contribution is 2.32. The Bertz CT molecular complexity index is 690. The van der Waals surface area contributed by atoms with E-state index in [4.69, 9.17) is 10.7 Å². The van der Waals surface area contributed by atoms with E-state index in [-0.39, 0.29) is 4.90 Å². The molecule has 0 spiro atoms. The van der Waals surface area contributed by atoms with E-state index in [9.17, 15) is 8.42 Å². The number of halogens is 1. The van der Waals surface area contributed by atoms with Gasteiger partial charge in [0.2, 0.25) is 0 Å². The molecule has 2 heterocycles. The van der Waals surface area contributed by atoms with Crippen LogP contribution in [-0.4, -0.2) is 26.5 Å². The SMILES string of the molecule is O=S(=O)(Cl)c1ccc2nc(N3CCCC3)sc2c1. The molecule has 0 N–H and O–H groups in total. The summed E-state index contributed by atoms with van der Waals surface area (Å²) >= 11 is 1.52. The van der Waals surface area contributed by atoms with Crippen molar-refractivity contribution in [2.75, 3.05) is 18.0 Å². The minimum Gasteiger partial charge on any atom is -0.348 e. The number of benzene rings is 1. The molecule has 0 atom stereocenters. The number of hydrogen-bond acceptors (Lipinski definition) is 5. The fraction of sp³-hybridized carbons (Fsp3) is 0.364. The summed E-state index contributed by atoms with van der Waals surface area (Å²) in [7, 11) is 1.67. The normalized spacial score (nSPS) is 16.6. The number of hydrogen-bond donors (Lipinski definition) is 0. The Kier molecular flexibility index (Phi) is 2.96. The predicted octanol–water partition coefficient (Wildman–Crippen LogP) is 2.82. The summed E-state index contributed by atoms with van der Waals surface area (Å²) in [5.74, 6) is 0. The number of rotatable bonds is 2. The molecule has 0 saturated carbocycles. The zero-order valence-electron chi connectivity index (χ0n) is 9.47. The summed E-state index contributed by atoms with van der Waals surface area (Å²) in [5.41, 5.74) is 0.825. The molecule has 0 unspecified atom stereocenters. The molecular formula is C11H11ClN2O2S2. The molecule has 1 saturated heterocycles. The second kappa shape index (κ2) is 4.36.